The minimum absolute atomic E-state index is 0.184. The number of nitrogens with one attached hydrogen (secondary N) is 1. The number of benzene rings is 3. The smallest absolute Gasteiger partial charge is 0.262 e. The molecule has 28 heavy (non-hydrogen) atoms. The van der Waals surface area contributed by atoms with Crippen LogP contribution in [0, 0.1) is 12.7 Å². The molecule has 0 unspecified atom stereocenters. The Morgan fingerprint density at radius 1 is 0.964 bits per heavy atom. The molecule has 0 aliphatic heterocycles. The fraction of sp³-hybridized carbons (Fsp3) is 0.0909. The lowest BCUT2D eigenvalue weighted by Gasteiger charge is -2.09. The van der Waals surface area contributed by atoms with Gasteiger partial charge in [-0.15, -0.1) is 0 Å². The first-order valence-electron chi connectivity index (χ1n) is 8.51. The van der Waals surface area contributed by atoms with Gasteiger partial charge in [-0.1, -0.05) is 17.7 Å². The highest BCUT2D eigenvalue weighted by Gasteiger charge is 2.10. The Morgan fingerprint density at radius 2 is 1.57 bits per heavy atom. The Kier molecular flexibility index (Phi) is 6.06. The van der Waals surface area contributed by atoms with Crippen LogP contribution < -0.4 is 10.1 Å². The van der Waals surface area contributed by atoms with Crippen molar-refractivity contribution in [2.24, 2.45) is 0 Å². The molecule has 3 aromatic rings. The molecule has 0 aromatic heterocycles. The molecular weight excluding hydrogens is 381 g/mol. The van der Waals surface area contributed by atoms with Gasteiger partial charge in [0.05, 0.1) is 0 Å². The van der Waals surface area contributed by atoms with Crippen molar-refractivity contribution < 1.29 is 18.7 Å². The quantitative estimate of drug-likeness (QED) is 0.593. The number of anilines is 1. The third-order valence-electron chi connectivity index (χ3n) is 4.05. The molecule has 0 spiro atoms. The van der Waals surface area contributed by atoms with E-state index in [1.54, 1.807) is 36.4 Å². The number of halogens is 2. The van der Waals surface area contributed by atoms with Gasteiger partial charge in [0.1, 0.15) is 11.6 Å². The summed E-state index contributed by atoms with van der Waals surface area (Å²) in [5.41, 5.74) is 2.35. The first-order valence-corrected chi connectivity index (χ1v) is 8.89. The van der Waals surface area contributed by atoms with Crippen LogP contribution in [0.15, 0.2) is 66.7 Å². The largest absolute Gasteiger partial charge is 0.484 e. The van der Waals surface area contributed by atoms with E-state index in [2.05, 4.69) is 5.32 Å². The number of aryl methyl sites for hydroxylation is 1. The van der Waals surface area contributed by atoms with Crippen LogP contribution in [0.4, 0.5) is 10.1 Å². The number of carbonyl (C=O) groups excluding carboxylic acids is 2. The molecule has 0 aliphatic carbocycles. The van der Waals surface area contributed by atoms with E-state index in [1.807, 2.05) is 13.0 Å². The Labute approximate surface area is 166 Å². The van der Waals surface area contributed by atoms with Gasteiger partial charge in [-0.25, -0.2) is 4.39 Å². The van der Waals surface area contributed by atoms with Crippen molar-refractivity contribution in [3.05, 3.63) is 94.3 Å². The van der Waals surface area contributed by atoms with Gasteiger partial charge >= 0.3 is 0 Å². The van der Waals surface area contributed by atoms with E-state index >= 15 is 0 Å². The fourth-order valence-electron chi connectivity index (χ4n) is 2.49. The molecule has 0 heterocycles. The average molecular weight is 398 g/mol. The number of carbonyl (C=O) groups is 2. The second kappa shape index (κ2) is 8.67. The molecule has 0 radical (unpaired) electrons. The summed E-state index contributed by atoms with van der Waals surface area (Å²) in [5, 5.41) is 3.27. The van der Waals surface area contributed by atoms with Crippen LogP contribution in [0.3, 0.4) is 0 Å². The Morgan fingerprint density at radius 3 is 2.18 bits per heavy atom. The molecule has 6 heteroatoms. The van der Waals surface area contributed by atoms with E-state index < -0.39 is 5.82 Å². The lowest BCUT2D eigenvalue weighted by molar-refractivity contribution is -0.118. The fourth-order valence-corrected chi connectivity index (χ4v) is 2.67. The second-order valence-electron chi connectivity index (χ2n) is 6.16. The SMILES string of the molecule is Cc1ccc(NC(=O)COc2ccc(C(=O)c3ccc(F)cc3)cc2)cc1Cl. The van der Waals surface area contributed by atoms with Gasteiger partial charge in [0.2, 0.25) is 0 Å². The number of hydrogen-bond donors (Lipinski definition) is 1. The van der Waals surface area contributed by atoms with Crippen LogP contribution in [0.2, 0.25) is 5.02 Å². The maximum Gasteiger partial charge on any atom is 0.262 e. The molecule has 0 fully saturated rings. The second-order valence-corrected chi connectivity index (χ2v) is 6.57. The van der Waals surface area contributed by atoms with Gasteiger partial charge < -0.3 is 10.1 Å². The van der Waals surface area contributed by atoms with Crippen molar-refractivity contribution in [1.29, 1.82) is 0 Å². The molecule has 0 atom stereocenters. The normalized spacial score (nSPS) is 10.4. The van der Waals surface area contributed by atoms with Crippen molar-refractivity contribution >= 4 is 29.0 Å². The lowest BCUT2D eigenvalue weighted by atomic mass is 10.0. The molecule has 1 N–H and O–H groups in total. The maximum absolute atomic E-state index is 13.0. The summed E-state index contributed by atoms with van der Waals surface area (Å²) in [4.78, 5) is 24.4. The van der Waals surface area contributed by atoms with Crippen molar-refractivity contribution in [3.63, 3.8) is 0 Å². The van der Waals surface area contributed by atoms with Crippen molar-refractivity contribution in [1.82, 2.24) is 0 Å². The van der Waals surface area contributed by atoms with Gasteiger partial charge in [0.25, 0.3) is 5.91 Å². The summed E-state index contributed by atoms with van der Waals surface area (Å²) in [6.45, 7) is 1.69. The summed E-state index contributed by atoms with van der Waals surface area (Å²) in [6.07, 6.45) is 0. The van der Waals surface area contributed by atoms with Gasteiger partial charge in [0, 0.05) is 21.8 Å². The van der Waals surface area contributed by atoms with Crippen LogP contribution in [-0.2, 0) is 4.79 Å². The third kappa shape index (κ3) is 4.96. The van der Waals surface area contributed by atoms with E-state index in [0.717, 1.165) is 5.56 Å². The highest BCUT2D eigenvalue weighted by Crippen LogP contribution is 2.20. The Bertz CT molecular complexity index is 1000. The predicted octanol–water partition coefficient (Wildman–Crippen LogP) is 5.04. The van der Waals surface area contributed by atoms with E-state index in [1.165, 1.54) is 24.3 Å². The number of hydrogen-bond acceptors (Lipinski definition) is 3. The molecule has 3 aromatic carbocycles. The molecule has 1 amide bonds. The molecule has 0 aliphatic rings. The third-order valence-corrected chi connectivity index (χ3v) is 4.46. The number of amides is 1. The van der Waals surface area contributed by atoms with E-state index in [9.17, 15) is 14.0 Å². The number of ketones is 1. The molecule has 3 rings (SSSR count). The Balaban J connectivity index is 1.56. The maximum atomic E-state index is 13.0. The first-order chi connectivity index (χ1) is 13.4. The van der Waals surface area contributed by atoms with E-state index in [4.69, 9.17) is 16.3 Å². The minimum Gasteiger partial charge on any atom is -0.484 e. The zero-order valence-corrected chi connectivity index (χ0v) is 15.8. The van der Waals surface area contributed by atoms with Crippen LogP contribution in [0.25, 0.3) is 0 Å². The molecule has 0 saturated carbocycles. The Hall–Kier alpha value is -3.18. The summed E-state index contributed by atoms with van der Waals surface area (Å²) >= 11 is 6.03. The van der Waals surface area contributed by atoms with Gasteiger partial charge in [-0.2, -0.15) is 0 Å². The predicted molar refractivity (Wildman–Crippen MR) is 107 cm³/mol. The van der Waals surface area contributed by atoms with Gasteiger partial charge in [0.15, 0.2) is 12.4 Å². The summed E-state index contributed by atoms with van der Waals surface area (Å²) in [5.74, 6) is -0.494. The summed E-state index contributed by atoms with van der Waals surface area (Å²) in [6, 6.07) is 17.0. The standard InChI is InChI=1S/C22H17ClFNO3/c1-14-2-9-18(12-20(14)23)25-21(26)13-28-19-10-5-16(6-11-19)22(27)15-3-7-17(24)8-4-15/h2-12H,13H2,1H3,(H,25,26). The van der Waals surface area contributed by atoms with Crippen LogP contribution in [0.1, 0.15) is 21.5 Å². The molecule has 4 nitrogen and oxygen atoms in total. The van der Waals surface area contributed by atoms with Crippen molar-refractivity contribution in [2.45, 2.75) is 6.92 Å². The topological polar surface area (TPSA) is 55.4 Å². The van der Waals surface area contributed by atoms with Crippen molar-refractivity contribution in [3.8, 4) is 5.75 Å². The highest BCUT2D eigenvalue weighted by atomic mass is 35.5. The monoisotopic (exact) mass is 397 g/mol. The zero-order valence-electron chi connectivity index (χ0n) is 15.0. The highest BCUT2D eigenvalue weighted by molar-refractivity contribution is 6.31. The van der Waals surface area contributed by atoms with Crippen LogP contribution in [0.5, 0.6) is 5.75 Å². The summed E-state index contributed by atoms with van der Waals surface area (Å²) in [7, 11) is 0. The average Bonchev–Trinajstić information content (AvgIpc) is 2.70. The van der Waals surface area contributed by atoms with Crippen LogP contribution >= 0.6 is 11.6 Å². The lowest BCUT2D eigenvalue weighted by Crippen LogP contribution is -2.20. The van der Waals surface area contributed by atoms with Gasteiger partial charge in [-0.3, -0.25) is 9.59 Å². The molecule has 0 saturated heterocycles. The van der Waals surface area contributed by atoms with E-state index in [0.29, 0.717) is 27.6 Å². The van der Waals surface area contributed by atoms with Crippen LogP contribution in [-0.4, -0.2) is 18.3 Å². The first kappa shape index (κ1) is 19.6. The molecular formula is C22H17ClFNO3. The van der Waals surface area contributed by atoms with Gasteiger partial charge in [-0.05, 0) is 73.2 Å². The number of ether oxygens (including phenoxy) is 1. The molecule has 0 bridgehead atoms. The number of rotatable bonds is 6. The van der Waals surface area contributed by atoms with Crippen molar-refractivity contribution in [2.75, 3.05) is 11.9 Å². The zero-order chi connectivity index (χ0) is 20.1. The van der Waals surface area contributed by atoms with E-state index in [-0.39, 0.29) is 18.3 Å². The summed E-state index contributed by atoms with van der Waals surface area (Å²) < 4.78 is 18.4. The minimum atomic E-state index is -0.397. The molecule has 142 valence electrons.